The predicted octanol–water partition coefficient (Wildman–Crippen LogP) is 4.91. The van der Waals surface area contributed by atoms with Gasteiger partial charge < -0.3 is 43.6 Å². The van der Waals surface area contributed by atoms with E-state index in [1.54, 1.807) is 78.8 Å². The number of aliphatic hydroxyl groups excluding tert-OH is 1. The molecule has 1 aromatic heterocycles. The summed E-state index contributed by atoms with van der Waals surface area (Å²) < 4.78 is 35.2. The van der Waals surface area contributed by atoms with Crippen LogP contribution >= 0.6 is 0 Å². The first-order chi connectivity index (χ1) is 25.6. The van der Waals surface area contributed by atoms with Crippen molar-refractivity contribution in [2.24, 2.45) is 16.7 Å². The lowest BCUT2D eigenvalue weighted by molar-refractivity contribution is -0.331. The number of hydrogen-bond donors (Lipinski definition) is 3. The number of ether oxygens (including phenoxy) is 5. The van der Waals surface area contributed by atoms with Crippen molar-refractivity contribution in [3.8, 4) is 0 Å². The minimum atomic E-state index is -2.06. The number of esters is 3. The van der Waals surface area contributed by atoms with Gasteiger partial charge in [0, 0.05) is 30.6 Å². The van der Waals surface area contributed by atoms with Gasteiger partial charge in [-0.15, -0.1) is 0 Å². The third-order valence-electron chi connectivity index (χ3n) is 12.1. The van der Waals surface area contributed by atoms with Crippen LogP contribution in [-0.4, -0.2) is 87.8 Å². The average molecular weight is 766 g/mol. The summed E-state index contributed by atoms with van der Waals surface area (Å²) in [6, 6.07) is 9.74. The van der Waals surface area contributed by atoms with E-state index in [0.29, 0.717) is 24.0 Å². The van der Waals surface area contributed by atoms with Crippen LogP contribution in [0.5, 0.6) is 0 Å². The molecule has 0 spiro atoms. The van der Waals surface area contributed by atoms with Gasteiger partial charge in [-0.25, -0.2) is 14.4 Å². The van der Waals surface area contributed by atoms with Gasteiger partial charge in [0.2, 0.25) is 0 Å². The van der Waals surface area contributed by atoms with E-state index in [9.17, 15) is 34.2 Å². The fourth-order valence-electron chi connectivity index (χ4n) is 9.16. The van der Waals surface area contributed by atoms with Gasteiger partial charge in [-0.3, -0.25) is 9.59 Å². The zero-order valence-electron chi connectivity index (χ0n) is 32.5. The molecule has 1 saturated heterocycles. The number of alkyl carbamates (subject to hydrolysis) is 1. The van der Waals surface area contributed by atoms with Crippen molar-refractivity contribution in [3.05, 3.63) is 71.2 Å². The fraction of sp³-hybridized carbons (Fsp3) is 0.585. The first kappa shape index (κ1) is 40.1. The normalized spacial score (nSPS) is 32.2. The Hall–Kier alpha value is -4.53. The Morgan fingerprint density at radius 3 is 2.29 bits per heavy atom. The van der Waals surface area contributed by atoms with Crippen LogP contribution in [0.4, 0.5) is 4.79 Å². The summed E-state index contributed by atoms with van der Waals surface area (Å²) in [7, 11) is 0. The summed E-state index contributed by atoms with van der Waals surface area (Å²) in [5.74, 6) is -3.84. The van der Waals surface area contributed by atoms with E-state index in [0.717, 1.165) is 0 Å². The van der Waals surface area contributed by atoms with E-state index in [2.05, 4.69) is 5.32 Å². The summed E-state index contributed by atoms with van der Waals surface area (Å²) in [6.45, 7) is 13.1. The molecule has 1 aromatic carbocycles. The number of carbonyl (C=O) groups is 5. The number of fused-ring (bicyclic) bond motifs is 5. The number of nitrogens with one attached hydrogen (secondary N) is 1. The van der Waals surface area contributed by atoms with Gasteiger partial charge in [0.15, 0.2) is 11.7 Å². The molecule has 0 unspecified atom stereocenters. The Balaban J connectivity index is 1.44. The van der Waals surface area contributed by atoms with E-state index in [1.165, 1.54) is 25.3 Å². The van der Waals surface area contributed by atoms with E-state index >= 15 is 0 Å². The number of carbonyl (C=O) groups excluding carboxylic acids is 5. The van der Waals surface area contributed by atoms with Crippen LogP contribution in [0, 0.1) is 16.7 Å². The molecule has 4 aliphatic rings. The molecule has 2 aromatic rings. The Morgan fingerprint density at radius 2 is 1.71 bits per heavy atom. The molecule has 3 N–H and O–H groups in total. The third kappa shape index (κ3) is 6.97. The monoisotopic (exact) mass is 765 g/mol. The zero-order valence-corrected chi connectivity index (χ0v) is 32.5. The van der Waals surface area contributed by atoms with Crippen LogP contribution in [0.2, 0.25) is 0 Å². The van der Waals surface area contributed by atoms with Crippen molar-refractivity contribution in [2.75, 3.05) is 6.61 Å². The van der Waals surface area contributed by atoms with Gasteiger partial charge in [0.1, 0.15) is 47.1 Å². The predicted molar refractivity (Wildman–Crippen MR) is 193 cm³/mol. The van der Waals surface area contributed by atoms with E-state index in [-0.39, 0.29) is 36.6 Å². The Bertz CT molecular complexity index is 1860. The Morgan fingerprint density at radius 1 is 1.02 bits per heavy atom. The van der Waals surface area contributed by atoms with Crippen LogP contribution in [-0.2, 0) is 38.1 Å². The second-order valence-electron chi connectivity index (χ2n) is 17.0. The zero-order chi connectivity index (χ0) is 40.3. The molecule has 1 amide bonds. The van der Waals surface area contributed by atoms with Crippen molar-refractivity contribution >= 4 is 29.8 Å². The highest BCUT2D eigenvalue weighted by atomic mass is 16.6. The van der Waals surface area contributed by atoms with Crippen LogP contribution < -0.4 is 5.32 Å². The maximum absolute atomic E-state index is 14.8. The summed E-state index contributed by atoms with van der Waals surface area (Å²) in [4.78, 5) is 68.3. The number of rotatable bonds is 8. The highest BCUT2D eigenvalue weighted by Gasteiger charge is 2.75. The second-order valence-corrected chi connectivity index (χ2v) is 17.0. The van der Waals surface area contributed by atoms with E-state index in [1.807, 2.05) is 0 Å². The van der Waals surface area contributed by atoms with Gasteiger partial charge in [0.05, 0.1) is 24.4 Å². The highest BCUT2D eigenvalue weighted by Crippen LogP contribution is 2.64. The second kappa shape index (κ2) is 14.2. The van der Waals surface area contributed by atoms with Crippen molar-refractivity contribution in [1.82, 2.24) is 5.32 Å². The Kier molecular flexibility index (Phi) is 10.4. The molecule has 1 aliphatic heterocycles. The standard InChI is InChI=1S/C41H51NO13/c1-22-25-19-28(44)39(8)17-16-29-40(21-51-29,54-23(2)43)32(39)33(53-34(46)24-13-10-9-11-14-24)41(49,38(25,6)7)20-27(22)52-35(47)31(45)30(26-15-12-18-50-26)42-36(48)55-37(3,4)5/h9-15,18,27,29-33,45,49H,16-17,19-21H2,1-8H3,(H,42,48)/t27-,29+,30-,31+,32-,33-,39-,40-,41+/m0/s1. The number of Topliss-reactive ketones (excluding diaryl/α,β-unsaturated/α-hetero) is 1. The molecule has 9 atom stereocenters. The highest BCUT2D eigenvalue weighted by molar-refractivity contribution is 5.91. The lowest BCUT2D eigenvalue weighted by Gasteiger charge is -2.66. The SMILES string of the molecule is CC(=O)O[C@@]12CO[C@@H]1CC[C@@]1(C)C(=O)CC3=C(C)[C@@H](OC(=O)[C@H](O)[C@@H](NC(=O)OC(C)(C)C)c4ccco4)C[C@@](O)([C@@H](OC(=O)c4ccccc4)[C@H]21)C3(C)C. The number of aliphatic hydroxyl groups is 2. The summed E-state index contributed by atoms with van der Waals surface area (Å²) in [6.07, 6.45) is -4.81. The number of furan rings is 1. The fourth-order valence-corrected chi connectivity index (χ4v) is 9.16. The lowest BCUT2D eigenvalue weighted by atomic mass is 9.46. The lowest BCUT2D eigenvalue weighted by Crippen LogP contribution is -2.78. The molecule has 2 bridgehead atoms. The maximum atomic E-state index is 14.8. The molecule has 14 nitrogen and oxygen atoms in total. The molecular formula is C41H51NO13. The molecule has 14 heteroatoms. The quantitative estimate of drug-likeness (QED) is 0.186. The van der Waals surface area contributed by atoms with Gasteiger partial charge in [-0.2, -0.15) is 0 Å². The topological polar surface area (TPSA) is 197 Å². The van der Waals surface area contributed by atoms with Gasteiger partial charge in [0.25, 0.3) is 0 Å². The Labute approximate surface area is 319 Å². The van der Waals surface area contributed by atoms with Gasteiger partial charge in [-0.05, 0) is 70.4 Å². The molecule has 2 heterocycles. The van der Waals surface area contributed by atoms with Crippen molar-refractivity contribution in [3.63, 3.8) is 0 Å². The van der Waals surface area contributed by atoms with E-state index in [4.69, 9.17) is 28.1 Å². The number of ketones is 1. The number of benzene rings is 1. The van der Waals surface area contributed by atoms with Gasteiger partial charge in [-0.1, -0.05) is 44.5 Å². The first-order valence-corrected chi connectivity index (χ1v) is 18.6. The molecule has 0 radical (unpaired) electrons. The molecule has 2 saturated carbocycles. The van der Waals surface area contributed by atoms with Crippen LogP contribution in [0.25, 0.3) is 0 Å². The molecule has 55 heavy (non-hydrogen) atoms. The maximum Gasteiger partial charge on any atom is 0.408 e. The largest absolute Gasteiger partial charge is 0.467 e. The third-order valence-corrected chi connectivity index (χ3v) is 12.1. The van der Waals surface area contributed by atoms with Crippen LogP contribution in [0.3, 0.4) is 0 Å². The number of hydrogen-bond acceptors (Lipinski definition) is 13. The first-order valence-electron chi connectivity index (χ1n) is 18.6. The van der Waals surface area contributed by atoms with Crippen molar-refractivity contribution in [2.45, 2.75) is 128 Å². The minimum absolute atomic E-state index is 0.0436. The van der Waals surface area contributed by atoms with Crippen molar-refractivity contribution in [1.29, 1.82) is 0 Å². The van der Waals surface area contributed by atoms with Crippen molar-refractivity contribution < 1.29 is 62.3 Å². The molecule has 6 rings (SSSR count). The average Bonchev–Trinajstić information content (AvgIpc) is 3.63. The summed E-state index contributed by atoms with van der Waals surface area (Å²) in [5.41, 5.74) is -5.77. The molecular weight excluding hydrogens is 714 g/mol. The van der Waals surface area contributed by atoms with E-state index < -0.39 is 88.0 Å². The molecule has 3 aliphatic carbocycles. The van der Waals surface area contributed by atoms with Crippen LogP contribution in [0.15, 0.2) is 64.3 Å². The summed E-state index contributed by atoms with van der Waals surface area (Å²) in [5, 5.41) is 27.3. The molecule has 298 valence electrons. The number of amides is 1. The van der Waals surface area contributed by atoms with Gasteiger partial charge >= 0.3 is 24.0 Å². The molecule has 3 fully saturated rings. The smallest absolute Gasteiger partial charge is 0.408 e. The van der Waals surface area contributed by atoms with Crippen LogP contribution in [0.1, 0.15) is 103 Å². The summed E-state index contributed by atoms with van der Waals surface area (Å²) >= 11 is 0. The minimum Gasteiger partial charge on any atom is -0.467 e.